The highest BCUT2D eigenvalue weighted by Gasteiger charge is 2.25. The Morgan fingerprint density at radius 3 is 2.90 bits per heavy atom. The van der Waals surface area contributed by atoms with Crippen molar-refractivity contribution in [1.82, 2.24) is 5.32 Å². The third-order valence-electron chi connectivity index (χ3n) is 3.69. The van der Waals surface area contributed by atoms with Crippen molar-refractivity contribution in [2.45, 2.75) is 19.4 Å². The summed E-state index contributed by atoms with van der Waals surface area (Å²) in [7, 11) is 1.69. The molecule has 2 rings (SSSR count). The fraction of sp³-hybridized carbons (Fsp3) is 0.533. The van der Waals surface area contributed by atoms with Crippen LogP contribution in [0.1, 0.15) is 13.3 Å². The molecule has 1 heterocycles. The molecule has 1 aromatic carbocycles. The van der Waals surface area contributed by atoms with E-state index in [0.717, 1.165) is 30.9 Å². The first-order chi connectivity index (χ1) is 9.61. The molecule has 1 aromatic rings. The zero-order valence-electron chi connectivity index (χ0n) is 12.5. The largest absolute Gasteiger partial charge is 0.495 e. The predicted octanol–water partition coefficient (Wildman–Crippen LogP) is 1.41. The van der Waals surface area contributed by atoms with E-state index in [2.05, 4.69) is 16.3 Å². The average Bonchev–Trinajstić information content (AvgIpc) is 2.93. The van der Waals surface area contributed by atoms with E-state index >= 15 is 0 Å². The van der Waals surface area contributed by atoms with Gasteiger partial charge in [0.2, 0.25) is 5.91 Å². The van der Waals surface area contributed by atoms with E-state index in [1.807, 2.05) is 18.2 Å². The number of carbonyl (C=O) groups excluding carboxylic acids is 1. The van der Waals surface area contributed by atoms with Gasteiger partial charge in [-0.15, -0.1) is 12.4 Å². The summed E-state index contributed by atoms with van der Waals surface area (Å²) < 4.78 is 5.39. The van der Waals surface area contributed by atoms with E-state index in [-0.39, 0.29) is 18.3 Å². The first-order valence-corrected chi connectivity index (χ1v) is 7.03. The van der Waals surface area contributed by atoms with Crippen molar-refractivity contribution in [2.75, 3.05) is 31.6 Å². The molecule has 1 fully saturated rings. The Morgan fingerprint density at radius 1 is 1.52 bits per heavy atom. The maximum absolute atomic E-state index is 11.5. The van der Waals surface area contributed by atoms with Crippen LogP contribution >= 0.6 is 12.4 Å². The quantitative estimate of drug-likeness (QED) is 0.862. The average molecular weight is 314 g/mol. The number of carbonyl (C=O) groups is 1. The first kappa shape index (κ1) is 17.6. The minimum absolute atomic E-state index is 0. The molecule has 0 aromatic heterocycles. The van der Waals surface area contributed by atoms with Crippen LogP contribution in [0.25, 0.3) is 0 Å². The maximum Gasteiger partial charge on any atom is 0.236 e. The summed E-state index contributed by atoms with van der Waals surface area (Å²) in [6.45, 7) is 4.30. The van der Waals surface area contributed by atoms with Gasteiger partial charge in [0, 0.05) is 19.6 Å². The number of nitrogens with two attached hydrogens (primary N) is 1. The number of hydrogen-bond acceptors (Lipinski definition) is 4. The lowest BCUT2D eigenvalue weighted by molar-refractivity contribution is -0.122. The topological polar surface area (TPSA) is 67.6 Å². The standard InChI is InChI=1S/C15H23N3O2.ClH/c1-11(16)15(19)17-9-12-7-8-18(10-12)13-5-3-4-6-14(13)20-2;/h3-6,11-12H,7-10,16H2,1-2H3,(H,17,19);1H. The fourth-order valence-corrected chi connectivity index (χ4v) is 2.52. The van der Waals surface area contributed by atoms with Crippen LogP contribution in [0, 0.1) is 5.92 Å². The van der Waals surface area contributed by atoms with Crippen LogP contribution in [0.2, 0.25) is 0 Å². The summed E-state index contributed by atoms with van der Waals surface area (Å²) in [4.78, 5) is 13.8. The SMILES string of the molecule is COc1ccccc1N1CCC(CNC(=O)C(C)N)C1.Cl. The van der Waals surface area contributed by atoms with Gasteiger partial charge in [-0.1, -0.05) is 12.1 Å². The van der Waals surface area contributed by atoms with E-state index in [1.165, 1.54) is 0 Å². The molecule has 0 spiro atoms. The number of methoxy groups -OCH3 is 1. The van der Waals surface area contributed by atoms with Crippen LogP contribution < -0.4 is 20.7 Å². The summed E-state index contributed by atoms with van der Waals surface area (Å²) in [5.74, 6) is 1.27. The highest BCUT2D eigenvalue weighted by Crippen LogP contribution is 2.31. The molecule has 2 unspecified atom stereocenters. The normalized spacial score (nSPS) is 18.8. The Labute approximate surface area is 132 Å². The van der Waals surface area contributed by atoms with E-state index < -0.39 is 6.04 Å². The van der Waals surface area contributed by atoms with Crippen LogP contribution in [0.15, 0.2) is 24.3 Å². The molecule has 0 saturated carbocycles. The molecule has 5 nitrogen and oxygen atoms in total. The number of benzene rings is 1. The lowest BCUT2D eigenvalue weighted by atomic mass is 10.1. The van der Waals surface area contributed by atoms with E-state index in [1.54, 1.807) is 14.0 Å². The number of rotatable bonds is 5. The Kier molecular flexibility index (Phi) is 6.78. The molecule has 1 saturated heterocycles. The van der Waals surface area contributed by atoms with Gasteiger partial charge in [-0.2, -0.15) is 0 Å². The first-order valence-electron chi connectivity index (χ1n) is 7.03. The Bertz CT molecular complexity index is 468. The van der Waals surface area contributed by atoms with E-state index in [0.29, 0.717) is 12.5 Å². The van der Waals surface area contributed by atoms with Gasteiger partial charge in [0.25, 0.3) is 0 Å². The lowest BCUT2D eigenvalue weighted by Gasteiger charge is -2.21. The second-order valence-electron chi connectivity index (χ2n) is 5.31. The second-order valence-corrected chi connectivity index (χ2v) is 5.31. The smallest absolute Gasteiger partial charge is 0.236 e. The minimum atomic E-state index is -0.443. The van der Waals surface area contributed by atoms with Crippen LogP contribution in [-0.2, 0) is 4.79 Å². The zero-order valence-corrected chi connectivity index (χ0v) is 13.4. The fourth-order valence-electron chi connectivity index (χ4n) is 2.52. The van der Waals surface area contributed by atoms with Gasteiger partial charge in [0.05, 0.1) is 18.8 Å². The number of para-hydroxylation sites is 2. The summed E-state index contributed by atoms with van der Waals surface area (Å²) in [6, 6.07) is 7.59. The summed E-state index contributed by atoms with van der Waals surface area (Å²) in [6.07, 6.45) is 1.07. The molecule has 1 amide bonds. The zero-order chi connectivity index (χ0) is 14.5. The molecule has 118 valence electrons. The molecule has 0 aliphatic carbocycles. The van der Waals surface area contributed by atoms with Gasteiger partial charge in [0.1, 0.15) is 5.75 Å². The molecule has 1 aliphatic rings. The van der Waals surface area contributed by atoms with Crippen molar-refractivity contribution in [2.24, 2.45) is 11.7 Å². The van der Waals surface area contributed by atoms with Gasteiger partial charge in [-0.05, 0) is 31.4 Å². The molecule has 3 N–H and O–H groups in total. The molecule has 2 atom stereocenters. The monoisotopic (exact) mass is 313 g/mol. The van der Waals surface area contributed by atoms with Gasteiger partial charge < -0.3 is 20.7 Å². The number of nitrogens with one attached hydrogen (secondary N) is 1. The Balaban J connectivity index is 0.00000220. The third-order valence-corrected chi connectivity index (χ3v) is 3.69. The Hall–Kier alpha value is -1.46. The van der Waals surface area contributed by atoms with Crippen LogP contribution in [0.5, 0.6) is 5.75 Å². The molecule has 6 heteroatoms. The second kappa shape index (κ2) is 8.10. The van der Waals surface area contributed by atoms with Crippen LogP contribution in [0.4, 0.5) is 5.69 Å². The van der Waals surface area contributed by atoms with Crippen molar-refractivity contribution in [3.8, 4) is 5.75 Å². The molecule has 0 bridgehead atoms. The Morgan fingerprint density at radius 2 is 2.24 bits per heavy atom. The summed E-state index contributed by atoms with van der Waals surface area (Å²) in [5.41, 5.74) is 6.66. The van der Waals surface area contributed by atoms with Crippen molar-refractivity contribution in [1.29, 1.82) is 0 Å². The van der Waals surface area contributed by atoms with E-state index in [9.17, 15) is 4.79 Å². The number of halogens is 1. The maximum atomic E-state index is 11.5. The number of amides is 1. The third kappa shape index (κ3) is 4.51. The van der Waals surface area contributed by atoms with Crippen LogP contribution in [0.3, 0.4) is 0 Å². The number of anilines is 1. The molecule has 21 heavy (non-hydrogen) atoms. The van der Waals surface area contributed by atoms with E-state index in [4.69, 9.17) is 10.5 Å². The van der Waals surface area contributed by atoms with Crippen LogP contribution in [-0.4, -0.2) is 38.7 Å². The lowest BCUT2D eigenvalue weighted by Crippen LogP contribution is -2.40. The number of nitrogens with zero attached hydrogens (tertiary/aromatic N) is 1. The van der Waals surface area contributed by atoms with Gasteiger partial charge >= 0.3 is 0 Å². The summed E-state index contributed by atoms with van der Waals surface area (Å²) >= 11 is 0. The van der Waals surface area contributed by atoms with Crippen molar-refractivity contribution in [3.63, 3.8) is 0 Å². The van der Waals surface area contributed by atoms with Gasteiger partial charge in [-0.25, -0.2) is 0 Å². The number of hydrogen-bond donors (Lipinski definition) is 2. The highest BCUT2D eigenvalue weighted by molar-refractivity contribution is 5.85. The molecular formula is C15H24ClN3O2. The van der Waals surface area contributed by atoms with Crippen molar-refractivity contribution >= 4 is 24.0 Å². The van der Waals surface area contributed by atoms with Crippen molar-refractivity contribution in [3.05, 3.63) is 24.3 Å². The molecule has 0 radical (unpaired) electrons. The minimum Gasteiger partial charge on any atom is -0.495 e. The highest BCUT2D eigenvalue weighted by atomic mass is 35.5. The summed E-state index contributed by atoms with van der Waals surface area (Å²) in [5, 5.41) is 2.90. The van der Waals surface area contributed by atoms with Crippen molar-refractivity contribution < 1.29 is 9.53 Å². The van der Waals surface area contributed by atoms with Gasteiger partial charge in [0.15, 0.2) is 0 Å². The number of ether oxygens (including phenoxy) is 1. The molecular weight excluding hydrogens is 290 g/mol. The van der Waals surface area contributed by atoms with Gasteiger partial charge in [-0.3, -0.25) is 4.79 Å². The molecule has 1 aliphatic heterocycles. The predicted molar refractivity (Wildman–Crippen MR) is 87.2 cm³/mol.